The average Bonchev–Trinajstić information content (AvgIpc) is 2.89. The van der Waals surface area contributed by atoms with Crippen molar-refractivity contribution in [1.82, 2.24) is 4.98 Å². The molecule has 3 aromatic carbocycles. The monoisotopic (exact) mass is 336 g/mol. The Labute approximate surface area is 153 Å². The molecule has 0 atom stereocenters. The minimum atomic E-state index is 0.0265. The van der Waals surface area contributed by atoms with E-state index in [1.54, 1.807) is 0 Å². The Balaban J connectivity index is 1.55. The van der Waals surface area contributed by atoms with Gasteiger partial charge in [-0.25, -0.2) is 0 Å². The Hall–Kier alpha value is -3.13. The summed E-state index contributed by atoms with van der Waals surface area (Å²) in [6.07, 6.45) is 3.73. The minimum absolute atomic E-state index is 0.0265. The molecule has 0 saturated carbocycles. The molecule has 1 aliphatic carbocycles. The normalized spacial score (nSPS) is 14.1. The van der Waals surface area contributed by atoms with Crippen molar-refractivity contribution in [3.05, 3.63) is 90.3 Å². The number of nitrogens with one attached hydrogen (secondary N) is 1. The van der Waals surface area contributed by atoms with Crippen molar-refractivity contribution in [2.45, 2.75) is 19.3 Å². The van der Waals surface area contributed by atoms with Crippen LogP contribution in [0, 0.1) is 0 Å². The number of fused-ring (bicyclic) bond motifs is 4. The smallest absolute Gasteiger partial charge is 0.0390 e. The zero-order valence-corrected chi connectivity index (χ0v) is 15.0. The first-order valence-corrected chi connectivity index (χ1v) is 8.98. The molecule has 0 saturated heterocycles. The number of pyridine rings is 1. The van der Waals surface area contributed by atoms with Crippen LogP contribution in [0.5, 0.6) is 0 Å². The van der Waals surface area contributed by atoms with Crippen LogP contribution in [-0.4, -0.2) is 4.98 Å². The van der Waals surface area contributed by atoms with Crippen molar-refractivity contribution in [3.63, 3.8) is 0 Å². The fourth-order valence-electron chi connectivity index (χ4n) is 4.11. The molecule has 0 amide bonds. The Morgan fingerprint density at radius 3 is 2.42 bits per heavy atom. The third-order valence-electron chi connectivity index (χ3n) is 5.51. The van der Waals surface area contributed by atoms with Crippen LogP contribution < -0.4 is 5.32 Å². The fraction of sp³-hybridized carbons (Fsp3) is 0.125. The standard InChI is InChI=1S/C24H20N2/c1-24(2)22-6-4-3-5-20(22)21-10-9-19(14-23(21)24)26-18-8-7-17-15-25-12-11-16(17)13-18/h3-15,26H,1-2H3. The van der Waals surface area contributed by atoms with Gasteiger partial charge in [0.15, 0.2) is 0 Å². The highest BCUT2D eigenvalue weighted by atomic mass is 14.9. The summed E-state index contributed by atoms with van der Waals surface area (Å²) < 4.78 is 0. The molecule has 1 heterocycles. The first-order valence-electron chi connectivity index (χ1n) is 8.98. The molecular weight excluding hydrogens is 316 g/mol. The lowest BCUT2D eigenvalue weighted by molar-refractivity contribution is 0.660. The van der Waals surface area contributed by atoms with Crippen LogP contribution in [0.2, 0.25) is 0 Å². The molecule has 1 aliphatic rings. The second-order valence-electron chi connectivity index (χ2n) is 7.49. The van der Waals surface area contributed by atoms with Crippen molar-refractivity contribution in [1.29, 1.82) is 0 Å². The van der Waals surface area contributed by atoms with Gasteiger partial charge in [0, 0.05) is 34.6 Å². The van der Waals surface area contributed by atoms with Crippen molar-refractivity contribution in [2.24, 2.45) is 0 Å². The van der Waals surface area contributed by atoms with Gasteiger partial charge in [-0.15, -0.1) is 0 Å². The maximum Gasteiger partial charge on any atom is 0.0390 e. The highest BCUT2D eigenvalue weighted by Crippen LogP contribution is 2.49. The first kappa shape index (κ1) is 15.2. The van der Waals surface area contributed by atoms with Crippen molar-refractivity contribution in [2.75, 3.05) is 5.32 Å². The van der Waals surface area contributed by atoms with Crippen LogP contribution in [0.1, 0.15) is 25.0 Å². The molecule has 2 nitrogen and oxygen atoms in total. The van der Waals surface area contributed by atoms with Crippen LogP contribution in [0.15, 0.2) is 79.1 Å². The summed E-state index contributed by atoms with van der Waals surface area (Å²) in [5, 5.41) is 5.92. The topological polar surface area (TPSA) is 24.9 Å². The van der Waals surface area contributed by atoms with Gasteiger partial charge in [-0.2, -0.15) is 0 Å². The van der Waals surface area contributed by atoms with E-state index in [1.807, 2.05) is 18.5 Å². The summed E-state index contributed by atoms with van der Waals surface area (Å²) in [6.45, 7) is 4.62. The molecule has 4 aromatic rings. The summed E-state index contributed by atoms with van der Waals surface area (Å²) in [5.41, 5.74) is 7.74. The lowest BCUT2D eigenvalue weighted by Gasteiger charge is -2.22. The van der Waals surface area contributed by atoms with Gasteiger partial charge in [-0.1, -0.05) is 50.2 Å². The maximum absolute atomic E-state index is 4.18. The van der Waals surface area contributed by atoms with Gasteiger partial charge in [0.05, 0.1) is 0 Å². The van der Waals surface area contributed by atoms with Crippen molar-refractivity contribution < 1.29 is 0 Å². The molecule has 0 spiro atoms. The molecule has 0 aliphatic heterocycles. The maximum atomic E-state index is 4.18. The van der Waals surface area contributed by atoms with Crippen LogP contribution in [0.3, 0.4) is 0 Å². The quantitative estimate of drug-likeness (QED) is 0.465. The molecule has 0 fully saturated rings. The Morgan fingerprint density at radius 2 is 1.50 bits per heavy atom. The second-order valence-corrected chi connectivity index (χ2v) is 7.49. The Kier molecular flexibility index (Phi) is 3.17. The van der Waals surface area contributed by atoms with E-state index in [0.717, 1.165) is 16.8 Å². The van der Waals surface area contributed by atoms with E-state index in [9.17, 15) is 0 Å². The molecule has 1 aromatic heterocycles. The zero-order chi connectivity index (χ0) is 17.7. The molecular formula is C24H20N2. The number of anilines is 2. The number of aromatic nitrogens is 1. The van der Waals surface area contributed by atoms with E-state index >= 15 is 0 Å². The SMILES string of the molecule is CC1(C)c2ccccc2-c2ccc(Nc3ccc4cnccc4c3)cc21. The van der Waals surface area contributed by atoms with Gasteiger partial charge >= 0.3 is 0 Å². The van der Waals surface area contributed by atoms with E-state index in [4.69, 9.17) is 0 Å². The van der Waals surface area contributed by atoms with E-state index in [1.165, 1.54) is 27.6 Å². The molecule has 1 N–H and O–H groups in total. The molecule has 0 radical (unpaired) electrons. The third kappa shape index (κ3) is 2.22. The van der Waals surface area contributed by atoms with Crippen LogP contribution >= 0.6 is 0 Å². The molecule has 126 valence electrons. The van der Waals surface area contributed by atoms with Crippen molar-refractivity contribution >= 4 is 22.1 Å². The fourth-order valence-corrected chi connectivity index (χ4v) is 4.11. The average molecular weight is 336 g/mol. The van der Waals surface area contributed by atoms with E-state index in [2.05, 4.69) is 84.8 Å². The van der Waals surface area contributed by atoms with Gasteiger partial charge < -0.3 is 5.32 Å². The van der Waals surface area contributed by atoms with Gasteiger partial charge in [0.2, 0.25) is 0 Å². The second kappa shape index (κ2) is 5.43. The number of benzene rings is 3. The number of nitrogens with zero attached hydrogens (tertiary/aromatic N) is 1. The summed E-state index contributed by atoms with van der Waals surface area (Å²) in [4.78, 5) is 4.18. The van der Waals surface area contributed by atoms with E-state index in [0.29, 0.717) is 0 Å². The van der Waals surface area contributed by atoms with Crippen LogP contribution in [-0.2, 0) is 5.41 Å². The van der Waals surface area contributed by atoms with E-state index in [-0.39, 0.29) is 5.41 Å². The summed E-state index contributed by atoms with van der Waals surface area (Å²) in [7, 11) is 0. The largest absolute Gasteiger partial charge is 0.355 e. The lowest BCUT2D eigenvalue weighted by Crippen LogP contribution is -2.15. The summed E-state index contributed by atoms with van der Waals surface area (Å²) in [5.74, 6) is 0. The predicted molar refractivity (Wildman–Crippen MR) is 109 cm³/mol. The number of rotatable bonds is 2. The van der Waals surface area contributed by atoms with Gasteiger partial charge in [-0.05, 0) is 58.0 Å². The van der Waals surface area contributed by atoms with Gasteiger partial charge in [0.1, 0.15) is 0 Å². The Morgan fingerprint density at radius 1 is 0.731 bits per heavy atom. The van der Waals surface area contributed by atoms with E-state index < -0.39 is 0 Å². The Bertz CT molecular complexity index is 1140. The summed E-state index contributed by atoms with van der Waals surface area (Å²) in [6, 6.07) is 23.9. The predicted octanol–water partition coefficient (Wildman–Crippen LogP) is 6.28. The number of hydrogen-bond donors (Lipinski definition) is 1. The van der Waals surface area contributed by atoms with Crippen LogP contribution in [0.4, 0.5) is 11.4 Å². The van der Waals surface area contributed by atoms with Gasteiger partial charge in [0.25, 0.3) is 0 Å². The minimum Gasteiger partial charge on any atom is -0.355 e. The molecule has 26 heavy (non-hydrogen) atoms. The van der Waals surface area contributed by atoms with Crippen molar-refractivity contribution in [3.8, 4) is 11.1 Å². The number of hydrogen-bond acceptors (Lipinski definition) is 2. The molecule has 5 rings (SSSR count). The first-order chi connectivity index (χ1) is 12.6. The zero-order valence-electron chi connectivity index (χ0n) is 15.0. The van der Waals surface area contributed by atoms with Gasteiger partial charge in [-0.3, -0.25) is 4.98 Å². The molecule has 0 unspecified atom stereocenters. The highest BCUT2D eigenvalue weighted by molar-refractivity contribution is 5.87. The third-order valence-corrected chi connectivity index (χ3v) is 5.51. The molecule has 2 heteroatoms. The lowest BCUT2D eigenvalue weighted by atomic mass is 9.82. The molecule has 0 bridgehead atoms. The highest BCUT2D eigenvalue weighted by Gasteiger charge is 2.35. The summed E-state index contributed by atoms with van der Waals surface area (Å²) >= 11 is 0. The van der Waals surface area contributed by atoms with Crippen LogP contribution in [0.25, 0.3) is 21.9 Å².